The highest BCUT2D eigenvalue weighted by molar-refractivity contribution is 7.15. The van der Waals surface area contributed by atoms with Crippen molar-refractivity contribution in [1.29, 1.82) is 0 Å². The van der Waals surface area contributed by atoms with Gasteiger partial charge in [0.25, 0.3) is 0 Å². The number of nitrogens with zero attached hydrogens (tertiary/aromatic N) is 2. The number of halogens is 1. The molecule has 3 heterocycles. The first-order valence-electron chi connectivity index (χ1n) is 7.59. The number of rotatable bonds is 1. The van der Waals surface area contributed by atoms with Gasteiger partial charge in [0.15, 0.2) is 5.13 Å². The Kier molecular flexibility index (Phi) is 3.97. The predicted octanol–water partition coefficient (Wildman–Crippen LogP) is 3.46. The molecular formula is C16H16ClN3O2S. The van der Waals surface area contributed by atoms with Gasteiger partial charge in [0.05, 0.1) is 23.8 Å². The molecule has 1 aromatic heterocycles. The molecule has 4 rings (SSSR count). The molecule has 0 aliphatic carbocycles. The van der Waals surface area contributed by atoms with E-state index in [2.05, 4.69) is 16.4 Å². The summed E-state index contributed by atoms with van der Waals surface area (Å²) in [6.07, 6.45) is 1.64. The highest BCUT2D eigenvalue weighted by Gasteiger charge is 2.24. The molecule has 0 saturated carbocycles. The highest BCUT2D eigenvalue weighted by atomic mass is 35.5. The van der Waals surface area contributed by atoms with Crippen LogP contribution in [0.25, 0.3) is 0 Å². The molecule has 0 unspecified atom stereocenters. The summed E-state index contributed by atoms with van der Waals surface area (Å²) in [5.41, 5.74) is 3.31. The first-order valence-corrected chi connectivity index (χ1v) is 8.78. The number of thiazole rings is 1. The second-order valence-corrected chi connectivity index (χ2v) is 7.16. The van der Waals surface area contributed by atoms with Crippen molar-refractivity contribution < 1.29 is 9.53 Å². The molecule has 1 aromatic carbocycles. The smallest absolute Gasteiger partial charge is 0.323 e. The molecule has 1 N–H and O–H groups in total. The van der Waals surface area contributed by atoms with Crippen LogP contribution in [0.3, 0.4) is 0 Å². The highest BCUT2D eigenvalue weighted by Crippen LogP contribution is 2.29. The first kappa shape index (κ1) is 14.9. The minimum Gasteiger partial charge on any atom is -0.375 e. The lowest BCUT2D eigenvalue weighted by molar-refractivity contribution is 0.112. The Hall–Kier alpha value is -1.63. The Bertz CT molecular complexity index is 738. The third kappa shape index (κ3) is 2.94. The van der Waals surface area contributed by atoms with Gasteiger partial charge in [0.1, 0.15) is 0 Å². The largest absolute Gasteiger partial charge is 0.375 e. The van der Waals surface area contributed by atoms with Crippen molar-refractivity contribution in [2.75, 3.05) is 18.5 Å². The van der Waals surface area contributed by atoms with Crippen molar-refractivity contribution in [2.24, 2.45) is 0 Å². The average Bonchev–Trinajstić information content (AvgIpc) is 2.97. The van der Waals surface area contributed by atoms with Crippen molar-refractivity contribution in [1.82, 2.24) is 9.88 Å². The SMILES string of the molecule is O=C(Nc1nc2c(s1)COCC2)N1CCc2cccc(Cl)c2C1. The molecule has 7 heteroatoms. The normalized spacial score (nSPS) is 16.7. The molecule has 0 fully saturated rings. The summed E-state index contributed by atoms with van der Waals surface area (Å²) < 4.78 is 5.42. The van der Waals surface area contributed by atoms with Crippen LogP contribution in [-0.4, -0.2) is 29.1 Å². The fourth-order valence-electron chi connectivity index (χ4n) is 2.96. The number of amides is 2. The Balaban J connectivity index is 1.48. The van der Waals surface area contributed by atoms with Gasteiger partial charge in [-0.2, -0.15) is 0 Å². The number of anilines is 1. The maximum atomic E-state index is 12.5. The summed E-state index contributed by atoms with van der Waals surface area (Å²) in [5.74, 6) is 0. The fraction of sp³-hybridized carbons (Fsp3) is 0.375. The summed E-state index contributed by atoms with van der Waals surface area (Å²) >= 11 is 7.75. The molecule has 0 bridgehead atoms. The van der Waals surface area contributed by atoms with Crippen molar-refractivity contribution in [2.45, 2.75) is 26.0 Å². The lowest BCUT2D eigenvalue weighted by Crippen LogP contribution is -2.39. The second-order valence-electron chi connectivity index (χ2n) is 5.67. The van der Waals surface area contributed by atoms with E-state index in [1.807, 2.05) is 12.1 Å². The number of carbonyl (C=O) groups excluding carboxylic acids is 1. The van der Waals surface area contributed by atoms with Gasteiger partial charge in [-0.05, 0) is 23.6 Å². The number of fused-ring (bicyclic) bond motifs is 2. The summed E-state index contributed by atoms with van der Waals surface area (Å²) in [4.78, 5) is 19.9. The van der Waals surface area contributed by atoms with Crippen molar-refractivity contribution in [3.8, 4) is 0 Å². The van der Waals surface area contributed by atoms with Crippen LogP contribution in [0.1, 0.15) is 21.7 Å². The third-order valence-corrected chi connectivity index (χ3v) is 5.55. The van der Waals surface area contributed by atoms with Crippen LogP contribution in [0.2, 0.25) is 5.02 Å². The quantitative estimate of drug-likeness (QED) is 0.857. The van der Waals surface area contributed by atoms with Crippen LogP contribution in [0.4, 0.5) is 9.93 Å². The van der Waals surface area contributed by atoms with Gasteiger partial charge in [-0.3, -0.25) is 5.32 Å². The summed E-state index contributed by atoms with van der Waals surface area (Å²) in [6, 6.07) is 5.78. The monoisotopic (exact) mass is 349 g/mol. The van der Waals surface area contributed by atoms with E-state index in [0.717, 1.165) is 34.0 Å². The van der Waals surface area contributed by atoms with Gasteiger partial charge in [-0.1, -0.05) is 35.1 Å². The zero-order valence-corrected chi connectivity index (χ0v) is 14.0. The van der Waals surface area contributed by atoms with E-state index in [1.165, 1.54) is 16.9 Å². The summed E-state index contributed by atoms with van der Waals surface area (Å²) in [5, 5.41) is 4.29. The summed E-state index contributed by atoms with van der Waals surface area (Å²) in [7, 11) is 0. The number of hydrogen-bond donors (Lipinski definition) is 1. The van der Waals surface area contributed by atoms with E-state index in [9.17, 15) is 4.79 Å². The lowest BCUT2D eigenvalue weighted by atomic mass is 10.00. The Morgan fingerprint density at radius 2 is 2.30 bits per heavy atom. The van der Waals surface area contributed by atoms with E-state index >= 15 is 0 Å². The van der Waals surface area contributed by atoms with Gasteiger partial charge >= 0.3 is 6.03 Å². The molecule has 0 spiro atoms. The molecule has 0 atom stereocenters. The zero-order valence-electron chi connectivity index (χ0n) is 12.5. The van der Waals surface area contributed by atoms with Crippen LogP contribution in [0.15, 0.2) is 18.2 Å². The maximum Gasteiger partial charge on any atom is 0.323 e. The number of carbonyl (C=O) groups is 1. The molecule has 2 amide bonds. The van der Waals surface area contributed by atoms with Crippen LogP contribution in [0, 0.1) is 0 Å². The molecule has 0 saturated heterocycles. The third-order valence-electron chi connectivity index (χ3n) is 4.21. The Labute approximate surface area is 143 Å². The van der Waals surface area contributed by atoms with Crippen molar-refractivity contribution in [3.05, 3.63) is 44.9 Å². The van der Waals surface area contributed by atoms with Gasteiger partial charge in [-0.25, -0.2) is 9.78 Å². The van der Waals surface area contributed by atoms with E-state index in [-0.39, 0.29) is 6.03 Å². The molecule has 2 aromatic rings. The standard InChI is InChI=1S/C16H16ClN3O2S/c17-12-3-1-2-10-4-6-20(8-11(10)12)16(21)19-15-18-13-5-7-22-9-14(13)23-15/h1-3H,4-9H2,(H,18,19,21). The predicted molar refractivity (Wildman–Crippen MR) is 90.1 cm³/mol. The van der Waals surface area contributed by atoms with E-state index < -0.39 is 0 Å². The minimum atomic E-state index is -0.123. The molecule has 23 heavy (non-hydrogen) atoms. The second kappa shape index (κ2) is 6.11. The van der Waals surface area contributed by atoms with Crippen molar-refractivity contribution >= 4 is 34.1 Å². The minimum absolute atomic E-state index is 0.123. The van der Waals surface area contributed by atoms with E-state index in [0.29, 0.717) is 31.4 Å². The van der Waals surface area contributed by atoms with E-state index in [4.69, 9.17) is 16.3 Å². The molecule has 120 valence electrons. The number of ether oxygens (including phenoxy) is 1. The van der Waals surface area contributed by atoms with E-state index in [1.54, 1.807) is 4.90 Å². The lowest BCUT2D eigenvalue weighted by Gasteiger charge is -2.29. The topological polar surface area (TPSA) is 54.5 Å². The molecule has 2 aliphatic heterocycles. The maximum absolute atomic E-state index is 12.5. The van der Waals surface area contributed by atoms with Gasteiger partial charge in [-0.15, -0.1) is 0 Å². The number of nitrogens with one attached hydrogen (secondary N) is 1. The molecule has 2 aliphatic rings. The van der Waals surface area contributed by atoms with Crippen LogP contribution >= 0.6 is 22.9 Å². The number of hydrogen-bond acceptors (Lipinski definition) is 4. The van der Waals surface area contributed by atoms with Crippen LogP contribution < -0.4 is 5.32 Å². The first-order chi connectivity index (χ1) is 11.2. The van der Waals surface area contributed by atoms with Crippen LogP contribution in [0.5, 0.6) is 0 Å². The summed E-state index contributed by atoms with van der Waals surface area (Å²) in [6.45, 7) is 2.52. The molecule has 0 radical (unpaired) electrons. The molecule has 5 nitrogen and oxygen atoms in total. The fourth-order valence-corrected chi connectivity index (χ4v) is 4.15. The number of aromatic nitrogens is 1. The van der Waals surface area contributed by atoms with Crippen molar-refractivity contribution in [3.63, 3.8) is 0 Å². The van der Waals surface area contributed by atoms with Crippen LogP contribution in [-0.2, 0) is 30.7 Å². The van der Waals surface area contributed by atoms with Gasteiger partial charge < -0.3 is 9.64 Å². The van der Waals surface area contributed by atoms with Gasteiger partial charge in [0.2, 0.25) is 0 Å². The van der Waals surface area contributed by atoms with Gasteiger partial charge in [0, 0.05) is 24.5 Å². The number of benzene rings is 1. The average molecular weight is 350 g/mol. The Morgan fingerprint density at radius 1 is 1.39 bits per heavy atom. The zero-order chi connectivity index (χ0) is 15.8. The number of urea groups is 1. The molecular weight excluding hydrogens is 334 g/mol. The Morgan fingerprint density at radius 3 is 3.17 bits per heavy atom.